The van der Waals surface area contributed by atoms with Gasteiger partial charge in [0.25, 0.3) is 0 Å². The van der Waals surface area contributed by atoms with E-state index in [4.69, 9.17) is 4.74 Å². The molecule has 0 bridgehead atoms. The quantitative estimate of drug-likeness (QED) is 0.750. The predicted molar refractivity (Wildman–Crippen MR) is 69.0 cm³/mol. The van der Waals surface area contributed by atoms with Gasteiger partial charge in [-0.1, -0.05) is 0 Å². The van der Waals surface area contributed by atoms with Crippen molar-refractivity contribution in [1.29, 1.82) is 0 Å². The third-order valence-electron chi connectivity index (χ3n) is 4.28. The second kappa shape index (κ2) is 4.87. The molecule has 0 aromatic heterocycles. The van der Waals surface area contributed by atoms with Gasteiger partial charge in [0.1, 0.15) is 0 Å². The molecular weight excluding hydrogens is 218 g/mol. The van der Waals surface area contributed by atoms with Gasteiger partial charge in [0.05, 0.1) is 12.2 Å². The number of rotatable bonds is 4. The topological polar surface area (TPSA) is 12.5 Å². The Morgan fingerprint density at radius 1 is 0.938 bits per heavy atom. The van der Waals surface area contributed by atoms with Crippen molar-refractivity contribution in [3.63, 3.8) is 0 Å². The summed E-state index contributed by atoms with van der Waals surface area (Å²) in [4.78, 5) is 2.66. The van der Waals surface area contributed by atoms with E-state index in [0.29, 0.717) is 12.2 Å². The predicted octanol–water partition coefficient (Wildman–Crippen LogP) is 2.52. The van der Waals surface area contributed by atoms with E-state index in [0.717, 1.165) is 11.3 Å². The van der Waals surface area contributed by atoms with Crippen molar-refractivity contribution in [3.8, 4) is 0 Å². The highest BCUT2D eigenvalue weighted by Crippen LogP contribution is 2.33. The molecule has 0 spiro atoms. The van der Waals surface area contributed by atoms with E-state index in [1.54, 1.807) is 0 Å². The van der Waals surface area contributed by atoms with Gasteiger partial charge in [-0.05, 0) is 44.8 Å². The van der Waals surface area contributed by atoms with E-state index in [2.05, 4.69) is 22.9 Å². The summed E-state index contributed by atoms with van der Waals surface area (Å²) in [5.74, 6) is 0. The molecule has 92 valence electrons. The van der Waals surface area contributed by atoms with Crippen LogP contribution < -0.4 is 0 Å². The van der Waals surface area contributed by atoms with E-state index in [9.17, 15) is 0 Å². The molecule has 0 radical (unpaired) electrons. The highest BCUT2D eigenvalue weighted by molar-refractivity contribution is 7.99. The van der Waals surface area contributed by atoms with Crippen molar-refractivity contribution in [2.45, 2.75) is 62.0 Å². The molecule has 2 aliphatic carbocycles. The van der Waals surface area contributed by atoms with Crippen LogP contribution in [0.15, 0.2) is 0 Å². The SMILES string of the molecule is CSC1CCC(N2CC(OC3CC3)C2)CC1. The Hall–Kier alpha value is 0.270. The van der Waals surface area contributed by atoms with E-state index in [1.165, 1.54) is 51.6 Å². The summed E-state index contributed by atoms with van der Waals surface area (Å²) < 4.78 is 5.91. The summed E-state index contributed by atoms with van der Waals surface area (Å²) >= 11 is 2.06. The van der Waals surface area contributed by atoms with Gasteiger partial charge in [-0.15, -0.1) is 0 Å². The third kappa shape index (κ3) is 2.57. The Labute approximate surface area is 103 Å². The summed E-state index contributed by atoms with van der Waals surface area (Å²) in [6.07, 6.45) is 11.8. The first-order chi connectivity index (χ1) is 7.85. The highest BCUT2D eigenvalue weighted by atomic mass is 32.2. The molecule has 0 N–H and O–H groups in total. The second-order valence-electron chi connectivity index (χ2n) is 5.58. The first-order valence-electron chi connectivity index (χ1n) is 6.77. The smallest absolute Gasteiger partial charge is 0.0832 e. The van der Waals surface area contributed by atoms with E-state index in [1.807, 2.05) is 0 Å². The van der Waals surface area contributed by atoms with Gasteiger partial charge < -0.3 is 4.74 Å². The summed E-state index contributed by atoms with van der Waals surface area (Å²) in [5.41, 5.74) is 0. The second-order valence-corrected chi connectivity index (χ2v) is 6.72. The summed E-state index contributed by atoms with van der Waals surface area (Å²) in [5, 5.41) is 0.941. The average Bonchev–Trinajstić information content (AvgIpc) is 3.07. The molecule has 3 fully saturated rings. The monoisotopic (exact) mass is 241 g/mol. The summed E-state index contributed by atoms with van der Waals surface area (Å²) in [6, 6.07) is 0.877. The van der Waals surface area contributed by atoms with Crippen molar-refractivity contribution in [3.05, 3.63) is 0 Å². The fourth-order valence-corrected chi connectivity index (χ4v) is 3.72. The fourth-order valence-electron chi connectivity index (χ4n) is 2.98. The van der Waals surface area contributed by atoms with Gasteiger partial charge >= 0.3 is 0 Å². The van der Waals surface area contributed by atoms with Gasteiger partial charge in [-0.3, -0.25) is 4.90 Å². The van der Waals surface area contributed by atoms with Gasteiger partial charge in [0, 0.05) is 24.4 Å². The molecule has 3 aliphatic rings. The van der Waals surface area contributed by atoms with Gasteiger partial charge in [0.2, 0.25) is 0 Å². The van der Waals surface area contributed by atoms with Crippen LogP contribution in [0.5, 0.6) is 0 Å². The van der Waals surface area contributed by atoms with Crippen LogP contribution in [0.4, 0.5) is 0 Å². The Morgan fingerprint density at radius 3 is 2.19 bits per heavy atom. The number of thioether (sulfide) groups is 1. The van der Waals surface area contributed by atoms with Crippen molar-refractivity contribution in [2.75, 3.05) is 19.3 Å². The van der Waals surface area contributed by atoms with Crippen LogP contribution in [0.3, 0.4) is 0 Å². The van der Waals surface area contributed by atoms with Crippen LogP contribution in [0.2, 0.25) is 0 Å². The lowest BCUT2D eigenvalue weighted by Gasteiger charge is -2.46. The third-order valence-corrected chi connectivity index (χ3v) is 5.42. The zero-order valence-corrected chi connectivity index (χ0v) is 11.0. The van der Waals surface area contributed by atoms with Crippen LogP contribution in [-0.4, -0.2) is 47.7 Å². The Bertz CT molecular complexity index is 230. The number of likely N-dealkylation sites (tertiary alicyclic amines) is 1. The van der Waals surface area contributed by atoms with Gasteiger partial charge in [-0.25, -0.2) is 0 Å². The maximum Gasteiger partial charge on any atom is 0.0832 e. The molecular formula is C13H23NOS. The van der Waals surface area contributed by atoms with Crippen LogP contribution in [-0.2, 0) is 4.74 Å². The normalized spacial score (nSPS) is 37.3. The molecule has 2 saturated carbocycles. The van der Waals surface area contributed by atoms with Crippen LogP contribution in [0, 0.1) is 0 Å². The zero-order valence-electron chi connectivity index (χ0n) is 10.2. The average molecular weight is 241 g/mol. The maximum atomic E-state index is 5.91. The highest BCUT2D eigenvalue weighted by Gasteiger charge is 2.37. The fraction of sp³-hybridized carbons (Fsp3) is 1.00. The number of hydrogen-bond acceptors (Lipinski definition) is 3. The largest absolute Gasteiger partial charge is 0.372 e. The Morgan fingerprint density at radius 2 is 1.62 bits per heavy atom. The van der Waals surface area contributed by atoms with Crippen LogP contribution in [0.1, 0.15) is 38.5 Å². The molecule has 3 rings (SSSR count). The number of nitrogens with zero attached hydrogens (tertiary/aromatic N) is 1. The van der Waals surface area contributed by atoms with Gasteiger partial charge in [0.15, 0.2) is 0 Å². The first-order valence-corrected chi connectivity index (χ1v) is 8.06. The molecule has 1 aliphatic heterocycles. The molecule has 2 nitrogen and oxygen atoms in total. The van der Waals surface area contributed by atoms with Crippen molar-refractivity contribution >= 4 is 11.8 Å². The minimum Gasteiger partial charge on any atom is -0.372 e. The molecule has 16 heavy (non-hydrogen) atoms. The molecule has 0 atom stereocenters. The molecule has 0 unspecified atom stereocenters. The minimum atomic E-state index is 0.575. The molecule has 1 saturated heterocycles. The van der Waals surface area contributed by atoms with Gasteiger partial charge in [-0.2, -0.15) is 11.8 Å². The van der Waals surface area contributed by atoms with Crippen molar-refractivity contribution in [2.24, 2.45) is 0 Å². The lowest BCUT2D eigenvalue weighted by molar-refractivity contribution is -0.0837. The van der Waals surface area contributed by atoms with E-state index >= 15 is 0 Å². The molecule has 3 heteroatoms. The number of hydrogen-bond donors (Lipinski definition) is 0. The standard InChI is InChI=1S/C13H23NOS/c1-16-13-6-2-10(3-7-13)14-8-12(9-14)15-11-4-5-11/h10-13H,2-9H2,1H3. The lowest BCUT2D eigenvalue weighted by Crippen LogP contribution is -2.57. The summed E-state index contributed by atoms with van der Waals surface area (Å²) in [7, 11) is 0. The molecule has 0 aromatic rings. The van der Waals surface area contributed by atoms with E-state index < -0.39 is 0 Å². The molecule has 0 aromatic carbocycles. The number of ether oxygens (including phenoxy) is 1. The van der Waals surface area contributed by atoms with Crippen molar-refractivity contribution < 1.29 is 4.74 Å². The van der Waals surface area contributed by atoms with E-state index in [-0.39, 0.29) is 0 Å². The maximum absolute atomic E-state index is 5.91. The van der Waals surface area contributed by atoms with Crippen LogP contribution in [0.25, 0.3) is 0 Å². The van der Waals surface area contributed by atoms with Crippen molar-refractivity contribution in [1.82, 2.24) is 4.90 Å². The summed E-state index contributed by atoms with van der Waals surface area (Å²) in [6.45, 7) is 2.43. The Balaban J connectivity index is 1.36. The first kappa shape index (κ1) is 11.4. The Kier molecular flexibility index (Phi) is 3.46. The minimum absolute atomic E-state index is 0.575. The molecule has 0 amide bonds. The van der Waals surface area contributed by atoms with Crippen LogP contribution >= 0.6 is 11.8 Å². The zero-order chi connectivity index (χ0) is 11.0. The lowest BCUT2D eigenvalue weighted by atomic mass is 9.91. The molecule has 1 heterocycles.